The third-order valence-electron chi connectivity index (χ3n) is 3.70. The van der Waals surface area contributed by atoms with Gasteiger partial charge in [0, 0.05) is 13.0 Å². The molecule has 2 heterocycles. The van der Waals surface area contributed by atoms with Crippen LogP contribution in [-0.2, 0) is 4.79 Å². The number of aryl methyl sites for hydroxylation is 1. The first-order chi connectivity index (χ1) is 8.99. The van der Waals surface area contributed by atoms with Crippen molar-refractivity contribution in [3.05, 3.63) is 23.3 Å². The van der Waals surface area contributed by atoms with Gasteiger partial charge in [0.1, 0.15) is 11.8 Å². The number of aliphatic hydroxyl groups excluding tert-OH is 1. The first-order valence-corrected chi connectivity index (χ1v) is 6.11. The number of phenols is 1. The molecule has 1 aromatic rings. The van der Waals surface area contributed by atoms with Crippen molar-refractivity contribution < 1.29 is 19.8 Å². The van der Waals surface area contributed by atoms with E-state index >= 15 is 0 Å². The quantitative estimate of drug-likeness (QED) is 0.584. The van der Waals surface area contributed by atoms with Gasteiger partial charge >= 0.3 is 0 Å². The largest absolute Gasteiger partial charge is 0.505 e. The number of aromatic hydroxyl groups is 1. The third kappa shape index (κ3) is 1.67. The molecule has 2 atom stereocenters. The van der Waals surface area contributed by atoms with Gasteiger partial charge < -0.3 is 20.4 Å². The second kappa shape index (κ2) is 3.96. The van der Waals surface area contributed by atoms with E-state index in [4.69, 9.17) is 0 Å². The van der Waals surface area contributed by atoms with Crippen LogP contribution in [0.5, 0.6) is 5.75 Å². The van der Waals surface area contributed by atoms with E-state index in [1.807, 2.05) is 0 Å². The number of hydrogen-bond acceptors (Lipinski definition) is 4. The second-order valence-corrected chi connectivity index (χ2v) is 5.01. The maximum absolute atomic E-state index is 12.4. The Hall–Kier alpha value is -2.08. The Morgan fingerprint density at radius 1 is 1.37 bits per heavy atom. The van der Waals surface area contributed by atoms with Crippen LogP contribution in [0.2, 0.25) is 0 Å². The highest BCUT2D eigenvalue weighted by atomic mass is 16.3. The summed E-state index contributed by atoms with van der Waals surface area (Å²) in [7, 11) is 0. The van der Waals surface area contributed by atoms with E-state index in [0.717, 1.165) is 0 Å². The lowest BCUT2D eigenvalue weighted by Crippen LogP contribution is -2.40. The van der Waals surface area contributed by atoms with Crippen molar-refractivity contribution in [2.75, 3.05) is 11.9 Å². The monoisotopic (exact) mass is 262 g/mol. The number of aliphatic hydroxyl groups is 1. The number of benzene rings is 1. The first-order valence-electron chi connectivity index (χ1n) is 6.11. The van der Waals surface area contributed by atoms with Gasteiger partial charge in [-0.2, -0.15) is 0 Å². The summed E-state index contributed by atoms with van der Waals surface area (Å²) in [6, 6.07) is 2.54. The maximum Gasteiger partial charge on any atom is 0.256 e. The molecule has 2 aliphatic heterocycles. The highest BCUT2D eigenvalue weighted by Crippen LogP contribution is 2.36. The fourth-order valence-electron chi connectivity index (χ4n) is 2.65. The van der Waals surface area contributed by atoms with Crippen molar-refractivity contribution in [2.45, 2.75) is 25.5 Å². The summed E-state index contributed by atoms with van der Waals surface area (Å²) in [5.41, 5.74) is 1.01. The average Bonchev–Trinajstić information content (AvgIpc) is 2.72. The highest BCUT2D eigenvalue weighted by molar-refractivity contribution is 6.11. The van der Waals surface area contributed by atoms with Crippen molar-refractivity contribution in [1.29, 1.82) is 0 Å². The minimum absolute atomic E-state index is 0.0825. The normalized spacial score (nSPS) is 25.7. The van der Waals surface area contributed by atoms with Crippen LogP contribution in [-0.4, -0.2) is 45.6 Å². The van der Waals surface area contributed by atoms with Crippen LogP contribution in [0.25, 0.3) is 0 Å². The summed E-state index contributed by atoms with van der Waals surface area (Å²) in [6.45, 7) is 1.84. The molecule has 0 spiro atoms. The summed E-state index contributed by atoms with van der Waals surface area (Å²) >= 11 is 0. The predicted octanol–water partition coefficient (Wildman–Crippen LogP) is 0.228. The van der Waals surface area contributed by atoms with Crippen LogP contribution < -0.4 is 5.32 Å². The second-order valence-electron chi connectivity index (χ2n) is 5.01. The molecule has 1 aromatic carbocycles. The molecule has 3 N–H and O–H groups in total. The van der Waals surface area contributed by atoms with E-state index in [-0.39, 0.29) is 41.8 Å². The first kappa shape index (κ1) is 12.0. The zero-order valence-electron chi connectivity index (χ0n) is 10.4. The fraction of sp³-hybridized carbons (Fsp3) is 0.385. The SMILES string of the molecule is Cc1ccc2c(c1O)NC(=O)[C@@H]1CC(O)CN1C2=O. The molecule has 0 aromatic heterocycles. The fourth-order valence-corrected chi connectivity index (χ4v) is 2.65. The smallest absolute Gasteiger partial charge is 0.256 e. The number of nitrogens with one attached hydrogen (secondary N) is 1. The lowest BCUT2D eigenvalue weighted by atomic mass is 10.1. The van der Waals surface area contributed by atoms with Gasteiger partial charge in [0.05, 0.1) is 17.4 Å². The molecule has 19 heavy (non-hydrogen) atoms. The van der Waals surface area contributed by atoms with E-state index in [0.29, 0.717) is 5.56 Å². The van der Waals surface area contributed by atoms with Gasteiger partial charge in [-0.05, 0) is 18.6 Å². The molecular formula is C13H14N2O4. The Balaban J connectivity index is 2.14. The van der Waals surface area contributed by atoms with Crippen LogP contribution in [0.3, 0.4) is 0 Å². The van der Waals surface area contributed by atoms with Crippen LogP contribution in [0.4, 0.5) is 5.69 Å². The minimum Gasteiger partial charge on any atom is -0.505 e. The molecule has 0 aliphatic carbocycles. The molecule has 2 amide bonds. The number of anilines is 1. The summed E-state index contributed by atoms with van der Waals surface area (Å²) in [5, 5.41) is 22.2. The van der Waals surface area contributed by atoms with Crippen molar-refractivity contribution in [3.8, 4) is 5.75 Å². The number of fused-ring (bicyclic) bond motifs is 2. The predicted molar refractivity (Wildman–Crippen MR) is 66.9 cm³/mol. The maximum atomic E-state index is 12.4. The zero-order chi connectivity index (χ0) is 13.7. The molecule has 1 fully saturated rings. The van der Waals surface area contributed by atoms with Gasteiger partial charge in [-0.15, -0.1) is 0 Å². The Morgan fingerprint density at radius 2 is 2.11 bits per heavy atom. The van der Waals surface area contributed by atoms with Crippen molar-refractivity contribution in [1.82, 2.24) is 4.90 Å². The van der Waals surface area contributed by atoms with Gasteiger partial charge in [0.2, 0.25) is 5.91 Å². The average molecular weight is 262 g/mol. The zero-order valence-corrected chi connectivity index (χ0v) is 10.4. The highest BCUT2D eigenvalue weighted by Gasteiger charge is 2.42. The number of phenolic OH excluding ortho intramolecular Hbond substituents is 1. The van der Waals surface area contributed by atoms with Crippen LogP contribution in [0.15, 0.2) is 12.1 Å². The molecule has 1 saturated heterocycles. The third-order valence-corrected chi connectivity index (χ3v) is 3.70. The summed E-state index contributed by atoms with van der Waals surface area (Å²) in [5.74, 6) is -0.796. The van der Waals surface area contributed by atoms with Gasteiger partial charge in [0.25, 0.3) is 5.91 Å². The van der Waals surface area contributed by atoms with E-state index in [1.54, 1.807) is 19.1 Å². The Labute approximate surface area is 109 Å². The van der Waals surface area contributed by atoms with Gasteiger partial charge in [-0.25, -0.2) is 0 Å². The van der Waals surface area contributed by atoms with Crippen LogP contribution in [0.1, 0.15) is 22.3 Å². The summed E-state index contributed by atoms with van der Waals surface area (Å²) < 4.78 is 0. The lowest BCUT2D eigenvalue weighted by Gasteiger charge is -2.19. The summed E-state index contributed by atoms with van der Waals surface area (Å²) in [4.78, 5) is 25.8. The molecule has 100 valence electrons. The topological polar surface area (TPSA) is 89.9 Å². The van der Waals surface area contributed by atoms with Gasteiger partial charge in [0.15, 0.2) is 0 Å². The molecule has 6 nitrogen and oxygen atoms in total. The van der Waals surface area contributed by atoms with E-state index < -0.39 is 12.1 Å². The van der Waals surface area contributed by atoms with Gasteiger partial charge in [-0.3, -0.25) is 9.59 Å². The number of amides is 2. The standard InChI is InChI=1S/C13H14N2O4/c1-6-2-3-8-10(11(6)17)14-12(18)9-4-7(16)5-15(9)13(8)19/h2-3,7,9,16-17H,4-5H2,1H3,(H,14,18)/t7?,9-/m0/s1. The Bertz CT molecular complexity index is 584. The number of carbonyl (C=O) groups is 2. The van der Waals surface area contributed by atoms with Gasteiger partial charge in [-0.1, -0.05) is 6.07 Å². The summed E-state index contributed by atoms with van der Waals surface area (Å²) in [6.07, 6.45) is -0.453. The number of carbonyl (C=O) groups excluding carboxylic acids is 2. The van der Waals surface area contributed by atoms with Crippen molar-refractivity contribution >= 4 is 17.5 Å². The molecule has 1 unspecified atom stereocenters. The Kier molecular flexibility index (Phi) is 2.50. The lowest BCUT2D eigenvalue weighted by molar-refractivity contribution is -0.119. The van der Waals surface area contributed by atoms with Crippen LogP contribution in [0, 0.1) is 6.92 Å². The molecule has 3 rings (SSSR count). The number of nitrogens with zero attached hydrogens (tertiary/aromatic N) is 1. The Morgan fingerprint density at radius 3 is 2.84 bits per heavy atom. The minimum atomic E-state index is -0.680. The molecule has 0 saturated carbocycles. The van der Waals surface area contributed by atoms with Crippen LogP contribution >= 0.6 is 0 Å². The molecule has 6 heteroatoms. The number of rotatable bonds is 0. The number of hydrogen-bond donors (Lipinski definition) is 3. The van der Waals surface area contributed by atoms with Crippen molar-refractivity contribution in [2.24, 2.45) is 0 Å². The van der Waals surface area contributed by atoms with E-state index in [2.05, 4.69) is 5.32 Å². The molecule has 0 bridgehead atoms. The molecule has 2 aliphatic rings. The van der Waals surface area contributed by atoms with E-state index in [9.17, 15) is 19.8 Å². The van der Waals surface area contributed by atoms with Crippen molar-refractivity contribution in [3.63, 3.8) is 0 Å². The molecular weight excluding hydrogens is 248 g/mol. The molecule has 0 radical (unpaired) electrons. The van der Waals surface area contributed by atoms with E-state index in [1.165, 1.54) is 4.90 Å².